The van der Waals surface area contributed by atoms with E-state index < -0.39 is 32.4 Å². The van der Waals surface area contributed by atoms with Crippen LogP contribution in [0, 0.1) is 25.5 Å². The summed E-state index contributed by atoms with van der Waals surface area (Å²) in [6, 6.07) is 5.60. The Kier molecular flexibility index (Phi) is 4.12. The number of hydrogen-bond donors (Lipinski definition) is 1. The van der Waals surface area contributed by atoms with Crippen LogP contribution in [0.2, 0.25) is 0 Å². The average molecular weight is 326 g/mol. The molecule has 0 fully saturated rings. The van der Waals surface area contributed by atoms with Gasteiger partial charge in [-0.15, -0.1) is 0 Å². The van der Waals surface area contributed by atoms with Gasteiger partial charge in [0.2, 0.25) is 0 Å². The van der Waals surface area contributed by atoms with Gasteiger partial charge in [-0.05, 0) is 55.3 Å². The lowest BCUT2D eigenvalue weighted by atomic mass is 10.00. The van der Waals surface area contributed by atoms with Crippen molar-refractivity contribution in [1.82, 2.24) is 0 Å². The summed E-state index contributed by atoms with van der Waals surface area (Å²) in [6.07, 6.45) is 0. The first-order valence-electron chi connectivity index (χ1n) is 6.19. The Morgan fingerprint density at radius 1 is 1.00 bits per heavy atom. The highest BCUT2D eigenvalue weighted by Crippen LogP contribution is 2.22. The molecule has 0 saturated heterocycles. The molecule has 7 heteroatoms. The Hall–Kier alpha value is -2.12. The summed E-state index contributed by atoms with van der Waals surface area (Å²) in [4.78, 5) is 11.4. The van der Waals surface area contributed by atoms with Gasteiger partial charge in [0.15, 0.2) is 5.78 Å². The van der Waals surface area contributed by atoms with E-state index in [0.717, 1.165) is 12.1 Å². The zero-order valence-corrected chi connectivity index (χ0v) is 12.5. The second-order valence-electron chi connectivity index (χ2n) is 4.87. The fourth-order valence-corrected chi connectivity index (χ4v) is 2.67. The predicted molar refractivity (Wildman–Crippen MR) is 75.5 cm³/mol. The van der Waals surface area contributed by atoms with E-state index in [1.165, 1.54) is 32.0 Å². The molecule has 0 atom stereocenters. The van der Waals surface area contributed by atoms with E-state index in [0.29, 0.717) is 0 Å². The molecule has 0 heterocycles. The van der Waals surface area contributed by atoms with Crippen molar-refractivity contribution in [3.05, 3.63) is 64.2 Å². The standard InChI is InChI=1S/C15H12F2O4S/c1-8-5-10(3-4-12(8)16)15(18)11-6-9(2)14(17)13(7-11)22(19,20)21/h3-7H,1-2H3,(H,19,20,21). The van der Waals surface area contributed by atoms with Gasteiger partial charge in [-0.1, -0.05) is 0 Å². The largest absolute Gasteiger partial charge is 0.297 e. The Morgan fingerprint density at radius 2 is 1.59 bits per heavy atom. The van der Waals surface area contributed by atoms with Crippen LogP contribution in [0.1, 0.15) is 27.0 Å². The van der Waals surface area contributed by atoms with Gasteiger partial charge in [0.25, 0.3) is 10.1 Å². The summed E-state index contributed by atoms with van der Waals surface area (Å²) >= 11 is 0. The Bertz CT molecular complexity index is 873. The minimum atomic E-state index is -4.80. The van der Waals surface area contributed by atoms with Crippen LogP contribution in [-0.4, -0.2) is 18.8 Å². The highest BCUT2D eigenvalue weighted by molar-refractivity contribution is 7.85. The number of carbonyl (C=O) groups excluding carboxylic acids is 1. The van der Waals surface area contributed by atoms with Crippen LogP contribution in [0.3, 0.4) is 0 Å². The van der Waals surface area contributed by atoms with Gasteiger partial charge in [-0.25, -0.2) is 8.78 Å². The zero-order valence-electron chi connectivity index (χ0n) is 11.7. The zero-order chi connectivity index (χ0) is 16.7. The first-order chi connectivity index (χ1) is 10.1. The molecule has 0 amide bonds. The molecule has 0 saturated carbocycles. The maximum Gasteiger partial charge on any atom is 0.297 e. The molecule has 2 aromatic carbocycles. The van der Waals surface area contributed by atoms with Crippen molar-refractivity contribution in [3.63, 3.8) is 0 Å². The third-order valence-corrected chi connectivity index (χ3v) is 4.03. The summed E-state index contributed by atoms with van der Waals surface area (Å²) in [7, 11) is -4.80. The Morgan fingerprint density at radius 3 is 2.14 bits per heavy atom. The van der Waals surface area contributed by atoms with E-state index in [1.807, 2.05) is 0 Å². The molecule has 0 aromatic heterocycles. The van der Waals surface area contributed by atoms with E-state index in [-0.39, 0.29) is 22.3 Å². The van der Waals surface area contributed by atoms with Gasteiger partial charge in [0.1, 0.15) is 16.5 Å². The van der Waals surface area contributed by atoms with Gasteiger partial charge >= 0.3 is 0 Å². The van der Waals surface area contributed by atoms with Crippen LogP contribution >= 0.6 is 0 Å². The summed E-state index contributed by atoms with van der Waals surface area (Å²) in [5.74, 6) is -2.20. The molecule has 0 aliphatic rings. The third-order valence-electron chi connectivity index (χ3n) is 3.18. The molecule has 0 spiro atoms. The molecule has 1 N–H and O–H groups in total. The lowest BCUT2D eigenvalue weighted by Gasteiger charge is -2.08. The van der Waals surface area contributed by atoms with Crippen molar-refractivity contribution in [2.24, 2.45) is 0 Å². The topological polar surface area (TPSA) is 71.4 Å². The molecular weight excluding hydrogens is 314 g/mol. The first-order valence-corrected chi connectivity index (χ1v) is 7.63. The molecule has 0 bridgehead atoms. The number of aryl methyl sites for hydroxylation is 2. The van der Waals surface area contributed by atoms with Crippen LogP contribution in [-0.2, 0) is 10.1 Å². The van der Waals surface area contributed by atoms with Crippen LogP contribution < -0.4 is 0 Å². The van der Waals surface area contributed by atoms with Crippen LogP contribution in [0.25, 0.3) is 0 Å². The fourth-order valence-electron chi connectivity index (χ4n) is 2.01. The lowest BCUT2D eigenvalue weighted by Crippen LogP contribution is -2.09. The number of hydrogen-bond acceptors (Lipinski definition) is 3. The van der Waals surface area contributed by atoms with Crippen molar-refractivity contribution in [2.75, 3.05) is 0 Å². The summed E-state index contributed by atoms with van der Waals surface area (Å²) in [5, 5.41) is 0. The van der Waals surface area contributed by atoms with Crippen molar-refractivity contribution in [1.29, 1.82) is 0 Å². The number of benzene rings is 2. The maximum absolute atomic E-state index is 13.8. The van der Waals surface area contributed by atoms with E-state index in [4.69, 9.17) is 4.55 Å². The fraction of sp³-hybridized carbons (Fsp3) is 0.133. The molecule has 2 rings (SSSR count). The molecular formula is C15H12F2O4S. The van der Waals surface area contributed by atoms with Crippen molar-refractivity contribution >= 4 is 15.9 Å². The molecule has 22 heavy (non-hydrogen) atoms. The molecule has 0 radical (unpaired) electrons. The van der Waals surface area contributed by atoms with Crippen LogP contribution in [0.4, 0.5) is 8.78 Å². The Balaban J connectivity index is 2.60. The van der Waals surface area contributed by atoms with Crippen molar-refractivity contribution in [3.8, 4) is 0 Å². The number of rotatable bonds is 3. The minimum absolute atomic E-state index is 0.0997. The summed E-state index contributed by atoms with van der Waals surface area (Å²) in [6.45, 7) is 2.75. The highest BCUT2D eigenvalue weighted by Gasteiger charge is 2.22. The monoisotopic (exact) mass is 326 g/mol. The quantitative estimate of drug-likeness (QED) is 0.695. The van der Waals surface area contributed by atoms with Gasteiger partial charge in [0, 0.05) is 11.1 Å². The Labute approximate surface area is 126 Å². The molecule has 2 aromatic rings. The average Bonchev–Trinajstić information content (AvgIpc) is 2.42. The molecule has 0 unspecified atom stereocenters. The molecule has 4 nitrogen and oxygen atoms in total. The van der Waals surface area contributed by atoms with E-state index >= 15 is 0 Å². The lowest BCUT2D eigenvalue weighted by molar-refractivity contribution is 0.103. The predicted octanol–water partition coefficient (Wildman–Crippen LogP) is 3.06. The number of carbonyl (C=O) groups is 1. The number of halogens is 2. The summed E-state index contributed by atoms with van der Waals surface area (Å²) < 4.78 is 58.4. The normalized spacial score (nSPS) is 11.5. The highest BCUT2D eigenvalue weighted by atomic mass is 32.2. The second kappa shape index (κ2) is 5.58. The van der Waals surface area contributed by atoms with E-state index in [9.17, 15) is 22.0 Å². The molecule has 116 valence electrons. The van der Waals surface area contributed by atoms with Crippen molar-refractivity contribution < 1.29 is 26.5 Å². The van der Waals surface area contributed by atoms with E-state index in [1.54, 1.807) is 0 Å². The van der Waals surface area contributed by atoms with Gasteiger partial charge in [-0.2, -0.15) is 8.42 Å². The van der Waals surface area contributed by atoms with Gasteiger partial charge < -0.3 is 0 Å². The van der Waals surface area contributed by atoms with Crippen LogP contribution in [0.5, 0.6) is 0 Å². The number of ketones is 1. The van der Waals surface area contributed by atoms with Crippen molar-refractivity contribution in [2.45, 2.75) is 18.7 Å². The summed E-state index contributed by atoms with van der Waals surface area (Å²) in [5.41, 5.74) is 0.167. The van der Waals surface area contributed by atoms with Gasteiger partial charge in [-0.3, -0.25) is 9.35 Å². The second-order valence-corrected chi connectivity index (χ2v) is 6.26. The molecule has 0 aliphatic heterocycles. The SMILES string of the molecule is Cc1cc(C(=O)c2cc(C)c(F)c(S(=O)(=O)O)c2)ccc1F. The smallest absolute Gasteiger partial charge is 0.289 e. The third kappa shape index (κ3) is 3.05. The maximum atomic E-state index is 13.8. The van der Waals surface area contributed by atoms with Gasteiger partial charge in [0.05, 0.1) is 0 Å². The van der Waals surface area contributed by atoms with Crippen LogP contribution in [0.15, 0.2) is 35.2 Å². The first kappa shape index (κ1) is 16.3. The minimum Gasteiger partial charge on any atom is -0.289 e. The van der Waals surface area contributed by atoms with E-state index in [2.05, 4.69) is 0 Å². The molecule has 0 aliphatic carbocycles.